The van der Waals surface area contributed by atoms with Crippen molar-refractivity contribution in [2.24, 2.45) is 11.7 Å². The van der Waals surface area contributed by atoms with Crippen molar-refractivity contribution in [3.63, 3.8) is 0 Å². The highest BCUT2D eigenvalue weighted by Gasteiger charge is 2.23. The molecule has 1 aliphatic carbocycles. The van der Waals surface area contributed by atoms with E-state index >= 15 is 0 Å². The van der Waals surface area contributed by atoms with Crippen molar-refractivity contribution in [3.05, 3.63) is 0 Å². The van der Waals surface area contributed by atoms with Gasteiger partial charge in [-0.25, -0.2) is 0 Å². The molecule has 1 aliphatic rings. The highest BCUT2D eigenvalue weighted by atomic mass is 16.3. The van der Waals surface area contributed by atoms with Crippen LogP contribution < -0.4 is 11.1 Å². The third-order valence-corrected chi connectivity index (χ3v) is 2.82. The van der Waals surface area contributed by atoms with E-state index < -0.39 is 6.04 Å². The van der Waals surface area contributed by atoms with E-state index in [0.717, 1.165) is 25.7 Å². The van der Waals surface area contributed by atoms with Gasteiger partial charge in [0.15, 0.2) is 0 Å². The fraction of sp³-hybridized carbons (Fsp3) is 0.900. The Bertz CT molecular complexity index is 195. The molecule has 0 aliphatic heterocycles. The second kappa shape index (κ2) is 5.32. The minimum absolute atomic E-state index is 0.136. The van der Waals surface area contributed by atoms with E-state index in [1.807, 2.05) is 0 Å². The maximum absolute atomic E-state index is 11.2. The molecular weight excluding hydrogens is 180 g/mol. The van der Waals surface area contributed by atoms with Crippen LogP contribution in [0.1, 0.15) is 32.6 Å². The highest BCUT2D eigenvalue weighted by Crippen LogP contribution is 2.23. The Balaban J connectivity index is 2.26. The number of hydrogen-bond acceptors (Lipinski definition) is 3. The number of aliphatic hydroxyl groups is 1. The van der Waals surface area contributed by atoms with Gasteiger partial charge in [-0.15, -0.1) is 0 Å². The first-order valence-corrected chi connectivity index (χ1v) is 5.32. The van der Waals surface area contributed by atoms with Crippen LogP contribution in [0, 0.1) is 5.92 Å². The van der Waals surface area contributed by atoms with Gasteiger partial charge >= 0.3 is 0 Å². The molecule has 0 bridgehead atoms. The molecule has 2 unspecified atom stereocenters. The third kappa shape index (κ3) is 3.27. The third-order valence-electron chi connectivity index (χ3n) is 2.82. The van der Waals surface area contributed by atoms with E-state index in [2.05, 4.69) is 5.32 Å². The first kappa shape index (κ1) is 11.5. The lowest BCUT2D eigenvalue weighted by atomic mass is 9.86. The van der Waals surface area contributed by atoms with Gasteiger partial charge in [-0.05, 0) is 19.8 Å². The zero-order chi connectivity index (χ0) is 10.6. The van der Waals surface area contributed by atoms with Gasteiger partial charge in [-0.3, -0.25) is 4.79 Å². The summed E-state index contributed by atoms with van der Waals surface area (Å²) in [5.41, 5.74) is 5.41. The van der Waals surface area contributed by atoms with Gasteiger partial charge in [-0.2, -0.15) is 0 Å². The first-order chi connectivity index (χ1) is 6.61. The van der Waals surface area contributed by atoms with E-state index in [9.17, 15) is 9.90 Å². The summed E-state index contributed by atoms with van der Waals surface area (Å²) < 4.78 is 0. The van der Waals surface area contributed by atoms with Crippen LogP contribution in [0.4, 0.5) is 0 Å². The number of carbonyl (C=O) groups excluding carboxylic acids is 1. The van der Waals surface area contributed by atoms with Crippen molar-refractivity contribution in [2.75, 3.05) is 6.54 Å². The molecule has 0 aromatic rings. The number of hydrogen-bond donors (Lipinski definition) is 3. The maximum atomic E-state index is 11.2. The standard InChI is InChI=1S/C10H20N2O2/c1-7(11)10(14)12-6-8-4-2-3-5-9(8)13/h7-9,13H,2-6,11H2,1H3,(H,12,14)/t7-,8?,9?/m0/s1. The Hall–Kier alpha value is -0.610. The normalized spacial score (nSPS) is 29.6. The number of aliphatic hydroxyl groups excluding tert-OH is 1. The fourth-order valence-corrected chi connectivity index (χ4v) is 1.82. The van der Waals surface area contributed by atoms with Gasteiger partial charge in [0.2, 0.25) is 5.91 Å². The van der Waals surface area contributed by atoms with E-state index in [1.54, 1.807) is 6.92 Å². The molecule has 0 aromatic heterocycles. The molecule has 4 N–H and O–H groups in total. The second-order valence-corrected chi connectivity index (χ2v) is 4.15. The first-order valence-electron chi connectivity index (χ1n) is 5.32. The lowest BCUT2D eigenvalue weighted by Gasteiger charge is -2.27. The fourth-order valence-electron chi connectivity index (χ4n) is 1.82. The molecule has 0 aromatic carbocycles. The SMILES string of the molecule is C[C@H](N)C(=O)NCC1CCCCC1O. The molecule has 0 saturated heterocycles. The summed E-state index contributed by atoms with van der Waals surface area (Å²) in [7, 11) is 0. The molecule has 1 fully saturated rings. The van der Waals surface area contributed by atoms with Crippen LogP contribution in [0.25, 0.3) is 0 Å². The van der Waals surface area contributed by atoms with Gasteiger partial charge in [0.05, 0.1) is 12.1 Å². The lowest BCUT2D eigenvalue weighted by molar-refractivity contribution is -0.122. The van der Waals surface area contributed by atoms with Crippen LogP contribution in [0.15, 0.2) is 0 Å². The summed E-state index contributed by atoms with van der Waals surface area (Å²) in [6.45, 7) is 2.22. The summed E-state index contributed by atoms with van der Waals surface area (Å²) in [5.74, 6) is 0.0780. The monoisotopic (exact) mass is 200 g/mol. The Morgan fingerprint density at radius 3 is 2.79 bits per heavy atom. The van der Waals surface area contributed by atoms with Gasteiger partial charge in [0.25, 0.3) is 0 Å². The van der Waals surface area contributed by atoms with Crippen molar-refractivity contribution in [2.45, 2.75) is 44.8 Å². The Kier molecular flexibility index (Phi) is 4.35. The molecule has 0 spiro atoms. The molecule has 0 heterocycles. The van der Waals surface area contributed by atoms with Gasteiger partial charge in [-0.1, -0.05) is 12.8 Å². The predicted molar refractivity (Wildman–Crippen MR) is 54.6 cm³/mol. The van der Waals surface area contributed by atoms with Crippen LogP contribution in [0.5, 0.6) is 0 Å². The van der Waals surface area contributed by atoms with Crippen LogP contribution >= 0.6 is 0 Å². The lowest BCUT2D eigenvalue weighted by Crippen LogP contribution is -2.43. The van der Waals surface area contributed by atoms with Gasteiger partial charge in [0.1, 0.15) is 0 Å². The molecule has 4 heteroatoms. The van der Waals surface area contributed by atoms with E-state index in [-0.39, 0.29) is 17.9 Å². The average molecular weight is 200 g/mol. The van der Waals surface area contributed by atoms with E-state index in [4.69, 9.17) is 5.73 Å². The number of amides is 1. The van der Waals surface area contributed by atoms with Crippen molar-refractivity contribution in [1.29, 1.82) is 0 Å². The molecule has 1 amide bonds. The Labute approximate surface area is 84.9 Å². The van der Waals surface area contributed by atoms with Crippen molar-refractivity contribution >= 4 is 5.91 Å². The smallest absolute Gasteiger partial charge is 0.236 e. The molecular formula is C10H20N2O2. The summed E-state index contributed by atoms with van der Waals surface area (Å²) in [5, 5.41) is 12.4. The Morgan fingerprint density at radius 2 is 2.21 bits per heavy atom. The van der Waals surface area contributed by atoms with Gasteiger partial charge in [0, 0.05) is 12.5 Å². The van der Waals surface area contributed by atoms with Crippen molar-refractivity contribution in [3.8, 4) is 0 Å². The average Bonchev–Trinajstić information content (AvgIpc) is 2.16. The van der Waals surface area contributed by atoms with E-state index in [0.29, 0.717) is 6.54 Å². The largest absolute Gasteiger partial charge is 0.393 e. The van der Waals surface area contributed by atoms with Crippen molar-refractivity contribution in [1.82, 2.24) is 5.32 Å². The molecule has 3 atom stereocenters. The number of carbonyl (C=O) groups is 1. The van der Waals surface area contributed by atoms with Crippen LogP contribution in [0.2, 0.25) is 0 Å². The van der Waals surface area contributed by atoms with Crippen LogP contribution in [-0.2, 0) is 4.79 Å². The summed E-state index contributed by atoms with van der Waals surface area (Å²) in [6.07, 6.45) is 3.85. The number of nitrogens with two attached hydrogens (primary N) is 1. The Morgan fingerprint density at radius 1 is 1.57 bits per heavy atom. The summed E-state index contributed by atoms with van der Waals surface area (Å²) in [6, 6.07) is -0.462. The molecule has 1 saturated carbocycles. The van der Waals surface area contributed by atoms with Crippen LogP contribution in [-0.4, -0.2) is 29.7 Å². The molecule has 1 rings (SSSR count). The minimum Gasteiger partial charge on any atom is -0.393 e. The molecule has 4 nitrogen and oxygen atoms in total. The summed E-state index contributed by atoms with van der Waals surface area (Å²) in [4.78, 5) is 11.2. The van der Waals surface area contributed by atoms with Gasteiger partial charge < -0.3 is 16.2 Å². The zero-order valence-corrected chi connectivity index (χ0v) is 8.70. The molecule has 82 valence electrons. The maximum Gasteiger partial charge on any atom is 0.236 e. The predicted octanol–water partition coefficient (Wildman–Crippen LogP) is 0.000900. The topological polar surface area (TPSA) is 75.4 Å². The quantitative estimate of drug-likeness (QED) is 0.600. The molecule has 14 heavy (non-hydrogen) atoms. The van der Waals surface area contributed by atoms with Crippen LogP contribution in [0.3, 0.4) is 0 Å². The number of nitrogens with one attached hydrogen (secondary N) is 1. The summed E-state index contributed by atoms with van der Waals surface area (Å²) >= 11 is 0. The highest BCUT2D eigenvalue weighted by molar-refractivity contribution is 5.80. The number of rotatable bonds is 3. The second-order valence-electron chi connectivity index (χ2n) is 4.15. The van der Waals surface area contributed by atoms with Crippen molar-refractivity contribution < 1.29 is 9.90 Å². The van der Waals surface area contributed by atoms with E-state index in [1.165, 1.54) is 0 Å². The molecule has 0 radical (unpaired) electrons. The zero-order valence-electron chi connectivity index (χ0n) is 8.70. The minimum atomic E-state index is -0.462.